The van der Waals surface area contributed by atoms with Crippen LogP contribution in [0, 0.1) is 0 Å². The van der Waals surface area contributed by atoms with E-state index in [1.54, 1.807) is 6.92 Å². The number of nitrogens with zero attached hydrogens (tertiary/aromatic N) is 1. The number of hydrazone groups is 1. The van der Waals surface area contributed by atoms with E-state index in [9.17, 15) is 4.79 Å². The van der Waals surface area contributed by atoms with Gasteiger partial charge in [0.25, 0.3) is 0 Å². The molecule has 0 aliphatic carbocycles. The molecule has 0 atom stereocenters. The second-order valence-corrected chi connectivity index (χ2v) is 1.80. The molecule has 0 aromatic rings. The number of nitrogens with one attached hydrogen (secondary N) is 1. The van der Waals surface area contributed by atoms with Crippen LogP contribution in [-0.4, -0.2) is 32.1 Å². The fraction of sp³-hybridized carbons (Fsp3) is 0.714. The Labute approximate surface area is 71.7 Å². The van der Waals surface area contributed by atoms with Gasteiger partial charge in [-0.1, -0.05) is 0 Å². The molecule has 0 aliphatic heterocycles. The standard InChI is InChI=1S/C7H14N2O3/c1-3-11-6-5-8-9-7(10)12-4-2/h5H,3-4,6H2,1-2H3,(H,9,10). The zero-order valence-electron chi connectivity index (χ0n) is 7.37. The van der Waals surface area contributed by atoms with E-state index in [1.165, 1.54) is 6.21 Å². The van der Waals surface area contributed by atoms with Crippen molar-refractivity contribution >= 4 is 12.3 Å². The third-order valence-corrected chi connectivity index (χ3v) is 0.919. The Morgan fingerprint density at radius 1 is 1.50 bits per heavy atom. The summed E-state index contributed by atoms with van der Waals surface area (Å²) in [5.41, 5.74) is 2.17. The maximum atomic E-state index is 10.6. The van der Waals surface area contributed by atoms with Crippen molar-refractivity contribution in [2.75, 3.05) is 19.8 Å². The van der Waals surface area contributed by atoms with Crippen molar-refractivity contribution in [1.82, 2.24) is 5.43 Å². The fourth-order valence-electron chi connectivity index (χ4n) is 0.470. The summed E-state index contributed by atoms with van der Waals surface area (Å²) in [6.07, 6.45) is 0.908. The van der Waals surface area contributed by atoms with Crippen LogP contribution in [0.25, 0.3) is 0 Å². The molecule has 0 radical (unpaired) electrons. The maximum absolute atomic E-state index is 10.6. The molecule has 0 bridgehead atoms. The van der Waals surface area contributed by atoms with Crippen molar-refractivity contribution in [3.63, 3.8) is 0 Å². The van der Waals surface area contributed by atoms with Gasteiger partial charge in [0.2, 0.25) is 0 Å². The molecule has 0 saturated carbocycles. The molecule has 5 heteroatoms. The average Bonchev–Trinajstić information content (AvgIpc) is 2.05. The number of ether oxygens (including phenoxy) is 2. The minimum Gasteiger partial charge on any atom is -0.449 e. The SMILES string of the molecule is CCOCC=NNC(=O)OCC. The minimum absolute atomic E-state index is 0.340. The second-order valence-electron chi connectivity index (χ2n) is 1.80. The van der Waals surface area contributed by atoms with Crippen molar-refractivity contribution in [1.29, 1.82) is 0 Å². The van der Waals surface area contributed by atoms with Crippen LogP contribution in [0.2, 0.25) is 0 Å². The normalized spacial score (nSPS) is 10.2. The van der Waals surface area contributed by atoms with E-state index >= 15 is 0 Å². The summed E-state index contributed by atoms with van der Waals surface area (Å²) in [7, 11) is 0. The predicted molar refractivity (Wildman–Crippen MR) is 45.1 cm³/mol. The van der Waals surface area contributed by atoms with Crippen LogP contribution < -0.4 is 5.43 Å². The number of hydrogen-bond donors (Lipinski definition) is 1. The lowest BCUT2D eigenvalue weighted by Gasteiger charge is -1.98. The highest BCUT2D eigenvalue weighted by Crippen LogP contribution is 1.75. The molecule has 70 valence electrons. The van der Waals surface area contributed by atoms with Crippen LogP contribution in [0.5, 0.6) is 0 Å². The summed E-state index contributed by atoms with van der Waals surface area (Å²) in [6, 6.07) is 0. The van der Waals surface area contributed by atoms with E-state index in [1.807, 2.05) is 6.92 Å². The topological polar surface area (TPSA) is 59.9 Å². The van der Waals surface area contributed by atoms with Crippen LogP contribution >= 0.6 is 0 Å². The monoisotopic (exact) mass is 174 g/mol. The van der Waals surface area contributed by atoms with E-state index in [2.05, 4.69) is 15.3 Å². The van der Waals surface area contributed by atoms with Gasteiger partial charge in [0.05, 0.1) is 19.4 Å². The van der Waals surface area contributed by atoms with Crippen LogP contribution in [0.1, 0.15) is 13.8 Å². The molecule has 1 amide bonds. The first-order valence-corrected chi connectivity index (χ1v) is 3.83. The molecule has 0 spiro atoms. The highest BCUT2D eigenvalue weighted by Gasteiger charge is 1.93. The molecule has 0 fully saturated rings. The van der Waals surface area contributed by atoms with E-state index in [0.717, 1.165) is 0 Å². The second kappa shape index (κ2) is 8.00. The Balaban J connectivity index is 3.27. The summed E-state index contributed by atoms with van der Waals surface area (Å²) in [4.78, 5) is 10.6. The number of hydrogen-bond acceptors (Lipinski definition) is 4. The first kappa shape index (κ1) is 10.9. The van der Waals surface area contributed by atoms with Gasteiger partial charge in [-0.3, -0.25) is 0 Å². The molecule has 1 N–H and O–H groups in total. The number of carbonyl (C=O) groups excluding carboxylic acids is 1. The van der Waals surface area contributed by atoms with Crippen LogP contribution in [0.3, 0.4) is 0 Å². The Kier molecular flexibility index (Phi) is 7.27. The van der Waals surface area contributed by atoms with Crippen LogP contribution in [-0.2, 0) is 9.47 Å². The van der Waals surface area contributed by atoms with E-state index < -0.39 is 6.09 Å². The van der Waals surface area contributed by atoms with Gasteiger partial charge in [-0.15, -0.1) is 0 Å². The summed E-state index contributed by atoms with van der Waals surface area (Å²) < 4.78 is 9.48. The van der Waals surface area contributed by atoms with E-state index in [4.69, 9.17) is 4.74 Å². The molecule has 0 rings (SSSR count). The first-order valence-electron chi connectivity index (χ1n) is 3.83. The molecule has 0 aliphatic rings. The van der Waals surface area contributed by atoms with Gasteiger partial charge in [-0.05, 0) is 13.8 Å². The van der Waals surface area contributed by atoms with Gasteiger partial charge < -0.3 is 9.47 Å². The lowest BCUT2D eigenvalue weighted by molar-refractivity contribution is 0.152. The van der Waals surface area contributed by atoms with Gasteiger partial charge in [0.15, 0.2) is 0 Å². The van der Waals surface area contributed by atoms with Crippen molar-refractivity contribution in [2.45, 2.75) is 13.8 Å². The Hall–Kier alpha value is -1.10. The quantitative estimate of drug-likeness (QED) is 0.380. The Bertz CT molecular complexity index is 148. The van der Waals surface area contributed by atoms with Gasteiger partial charge in [-0.2, -0.15) is 5.10 Å². The molecule has 0 unspecified atom stereocenters. The molecule has 12 heavy (non-hydrogen) atoms. The third-order valence-electron chi connectivity index (χ3n) is 0.919. The smallest absolute Gasteiger partial charge is 0.427 e. The largest absolute Gasteiger partial charge is 0.449 e. The zero-order chi connectivity index (χ0) is 9.23. The lowest BCUT2D eigenvalue weighted by atomic mass is 10.8. The Morgan fingerprint density at radius 3 is 2.83 bits per heavy atom. The van der Waals surface area contributed by atoms with Crippen molar-refractivity contribution in [2.24, 2.45) is 5.10 Å². The summed E-state index contributed by atoms with van der Waals surface area (Å²) in [6.45, 7) is 4.97. The minimum atomic E-state index is -0.551. The van der Waals surface area contributed by atoms with Gasteiger partial charge in [0, 0.05) is 6.61 Å². The van der Waals surface area contributed by atoms with E-state index in [0.29, 0.717) is 19.8 Å². The molecular weight excluding hydrogens is 160 g/mol. The van der Waals surface area contributed by atoms with Gasteiger partial charge >= 0.3 is 6.09 Å². The molecular formula is C7H14N2O3. The van der Waals surface area contributed by atoms with Gasteiger partial charge in [-0.25, -0.2) is 10.2 Å². The summed E-state index contributed by atoms with van der Waals surface area (Å²) in [5, 5.41) is 3.55. The number of carbonyl (C=O) groups is 1. The molecule has 5 nitrogen and oxygen atoms in total. The molecule has 0 aromatic heterocycles. The average molecular weight is 174 g/mol. The lowest BCUT2D eigenvalue weighted by Crippen LogP contribution is -2.19. The molecule has 0 aromatic carbocycles. The maximum Gasteiger partial charge on any atom is 0.427 e. The summed E-state index contributed by atoms with van der Waals surface area (Å²) in [5.74, 6) is 0. The van der Waals surface area contributed by atoms with Crippen molar-refractivity contribution in [3.05, 3.63) is 0 Å². The number of amides is 1. The highest BCUT2D eigenvalue weighted by atomic mass is 16.5. The fourth-order valence-corrected chi connectivity index (χ4v) is 0.470. The number of rotatable bonds is 5. The van der Waals surface area contributed by atoms with Crippen LogP contribution in [0.4, 0.5) is 4.79 Å². The molecule has 0 saturated heterocycles. The summed E-state index contributed by atoms with van der Waals surface area (Å²) >= 11 is 0. The van der Waals surface area contributed by atoms with E-state index in [-0.39, 0.29) is 0 Å². The first-order chi connectivity index (χ1) is 5.81. The third kappa shape index (κ3) is 7.01. The van der Waals surface area contributed by atoms with Crippen LogP contribution in [0.15, 0.2) is 5.10 Å². The highest BCUT2D eigenvalue weighted by molar-refractivity contribution is 5.69. The van der Waals surface area contributed by atoms with Crippen molar-refractivity contribution in [3.8, 4) is 0 Å². The Morgan fingerprint density at radius 2 is 2.25 bits per heavy atom. The van der Waals surface area contributed by atoms with Crippen molar-refractivity contribution < 1.29 is 14.3 Å². The van der Waals surface area contributed by atoms with Gasteiger partial charge in [0.1, 0.15) is 0 Å². The zero-order valence-corrected chi connectivity index (χ0v) is 7.37. The predicted octanol–water partition coefficient (Wildman–Crippen LogP) is 0.755. The molecule has 0 heterocycles.